The Bertz CT molecular complexity index is 2020. The number of carbonyl (C=O) groups is 3. The van der Waals surface area contributed by atoms with E-state index in [1.165, 1.54) is 18.9 Å². The van der Waals surface area contributed by atoms with Crippen molar-refractivity contribution in [3.05, 3.63) is 72.9 Å². The highest BCUT2D eigenvalue weighted by Crippen LogP contribution is 2.40. The van der Waals surface area contributed by atoms with Gasteiger partial charge < -0.3 is 69.1 Å². The van der Waals surface area contributed by atoms with Crippen molar-refractivity contribution in [2.24, 2.45) is 17.8 Å². The minimum atomic E-state index is -1.87. The minimum absolute atomic E-state index is 0.0635. The third-order valence-electron chi connectivity index (χ3n) is 16.3. The topological polar surface area (TPSA) is 226 Å². The van der Waals surface area contributed by atoms with Crippen LogP contribution >= 0.6 is 0 Å². The van der Waals surface area contributed by atoms with Gasteiger partial charge in [0.1, 0.15) is 36.1 Å². The lowest BCUT2D eigenvalue weighted by Gasteiger charge is -2.49. The highest BCUT2D eigenvalue weighted by Gasteiger charge is 2.53. The maximum atomic E-state index is 14.5. The summed E-state index contributed by atoms with van der Waals surface area (Å²) in [6, 6.07) is -2.36. The smallest absolute Gasteiger partial charge is 0.311 e. The zero-order chi connectivity index (χ0) is 59.3. The third-order valence-corrected chi connectivity index (χ3v) is 16.3. The van der Waals surface area contributed by atoms with Crippen molar-refractivity contribution in [2.75, 3.05) is 27.7 Å². The van der Waals surface area contributed by atoms with Crippen LogP contribution in [0.4, 0.5) is 0 Å². The average molecular weight is 1120 g/mol. The lowest BCUT2D eigenvalue weighted by atomic mass is 9.77. The second-order valence-electron chi connectivity index (χ2n) is 23.4. The van der Waals surface area contributed by atoms with Crippen LogP contribution in [0.1, 0.15) is 160 Å². The molecule has 3 saturated heterocycles. The molecular formula is C62H105N3O14. The molecule has 0 aliphatic carbocycles. The number of ether oxygens (including phenoxy) is 6. The monoisotopic (exact) mass is 1120 g/mol. The third kappa shape index (κ3) is 21.0. The molecule has 6 N–H and O–H groups in total. The predicted molar refractivity (Wildman–Crippen MR) is 308 cm³/mol. The van der Waals surface area contributed by atoms with Crippen LogP contribution in [0.2, 0.25) is 0 Å². The summed E-state index contributed by atoms with van der Waals surface area (Å²) in [5.74, 6) is -3.73. The summed E-state index contributed by atoms with van der Waals surface area (Å²) in [6.45, 7) is 21.3. The van der Waals surface area contributed by atoms with Crippen LogP contribution in [0.5, 0.6) is 0 Å². The first kappa shape index (κ1) is 69.7. The molecule has 2 amide bonds. The van der Waals surface area contributed by atoms with Gasteiger partial charge in [0.25, 0.3) is 0 Å². The number of rotatable bonds is 23. The number of carbonyl (C=O) groups excluding carboxylic acids is 3. The Hall–Kier alpha value is -3.59. The highest BCUT2D eigenvalue weighted by atomic mass is 16.7. The Morgan fingerprint density at radius 1 is 0.810 bits per heavy atom. The van der Waals surface area contributed by atoms with Gasteiger partial charge in [-0.3, -0.25) is 14.4 Å². The number of hydrogen-bond donors (Lipinski definition) is 6. The van der Waals surface area contributed by atoms with Crippen molar-refractivity contribution in [3.63, 3.8) is 0 Å². The van der Waals surface area contributed by atoms with Crippen LogP contribution in [0.15, 0.2) is 72.9 Å². The molecule has 17 nitrogen and oxygen atoms in total. The van der Waals surface area contributed by atoms with Crippen molar-refractivity contribution in [1.82, 2.24) is 15.1 Å². The Morgan fingerprint density at radius 3 is 1.89 bits per heavy atom. The van der Waals surface area contributed by atoms with E-state index in [0.717, 1.165) is 38.5 Å². The second-order valence-corrected chi connectivity index (χ2v) is 23.4. The molecule has 0 spiro atoms. The minimum Gasteiger partial charge on any atom is -0.459 e. The normalized spacial score (nSPS) is 37.5. The van der Waals surface area contributed by atoms with Gasteiger partial charge in [0.15, 0.2) is 12.6 Å². The first-order valence-electron chi connectivity index (χ1n) is 29.2. The molecule has 0 aromatic carbocycles. The van der Waals surface area contributed by atoms with Gasteiger partial charge in [-0.1, -0.05) is 101 Å². The Labute approximate surface area is 474 Å². The van der Waals surface area contributed by atoms with Crippen LogP contribution < -0.4 is 5.32 Å². The highest BCUT2D eigenvalue weighted by molar-refractivity contribution is 5.87. The van der Waals surface area contributed by atoms with E-state index in [1.54, 1.807) is 69.4 Å². The fourth-order valence-corrected chi connectivity index (χ4v) is 11.3. The molecule has 0 bridgehead atoms. The molecule has 0 unspecified atom stereocenters. The molecule has 0 aromatic heterocycles. The summed E-state index contributed by atoms with van der Waals surface area (Å²) in [5, 5.41) is 62.5. The molecule has 3 rings (SSSR count). The lowest BCUT2D eigenvalue weighted by molar-refractivity contribution is -0.317. The van der Waals surface area contributed by atoms with Crippen molar-refractivity contribution < 1.29 is 68.3 Å². The Balaban J connectivity index is 1.79. The fraction of sp³-hybridized carbons (Fsp3) is 0.758. The second kappa shape index (κ2) is 33.5. The summed E-state index contributed by atoms with van der Waals surface area (Å²) in [5.41, 5.74) is -4.68. The first-order valence-corrected chi connectivity index (χ1v) is 29.2. The van der Waals surface area contributed by atoms with Crippen LogP contribution in [0, 0.1) is 17.8 Å². The van der Waals surface area contributed by atoms with Gasteiger partial charge in [-0.25, -0.2) is 0 Å². The van der Waals surface area contributed by atoms with Gasteiger partial charge in [0.2, 0.25) is 11.8 Å². The Morgan fingerprint density at radius 2 is 1.35 bits per heavy atom. The van der Waals surface area contributed by atoms with Crippen LogP contribution in [0.3, 0.4) is 0 Å². The number of nitrogens with zero attached hydrogens (tertiary/aromatic N) is 2. The number of amides is 2. The van der Waals surface area contributed by atoms with Crippen molar-refractivity contribution in [2.45, 2.75) is 256 Å². The molecule has 17 heteroatoms. The van der Waals surface area contributed by atoms with Crippen molar-refractivity contribution in [1.29, 1.82) is 0 Å². The molecule has 79 heavy (non-hydrogen) atoms. The summed E-state index contributed by atoms with van der Waals surface area (Å²) >= 11 is 0. The number of allylic oxidation sites excluding steroid dienone is 12. The molecule has 3 aliphatic heterocycles. The van der Waals surface area contributed by atoms with E-state index in [0.29, 0.717) is 13.0 Å². The molecule has 3 fully saturated rings. The van der Waals surface area contributed by atoms with E-state index in [-0.39, 0.29) is 43.9 Å². The van der Waals surface area contributed by atoms with E-state index in [9.17, 15) is 39.9 Å². The number of cyclic esters (lactones) is 1. The molecule has 3 aliphatic rings. The summed E-state index contributed by atoms with van der Waals surface area (Å²) in [6.07, 6.45) is 21.3. The number of hydrogen-bond acceptors (Lipinski definition) is 15. The lowest BCUT2D eigenvalue weighted by Crippen LogP contribution is -2.62. The molecule has 0 saturated carbocycles. The first-order chi connectivity index (χ1) is 37.2. The molecule has 0 radical (unpaired) electrons. The van der Waals surface area contributed by atoms with Crippen molar-refractivity contribution in [3.8, 4) is 0 Å². The number of likely N-dealkylation sites (N-methyl/N-ethyl adjacent to an activating group) is 2. The largest absolute Gasteiger partial charge is 0.459 e. The molecule has 3 heterocycles. The number of aliphatic hydroxyl groups is 5. The molecule has 0 aromatic rings. The predicted octanol–water partition coefficient (Wildman–Crippen LogP) is 7.78. The van der Waals surface area contributed by atoms with Crippen LogP contribution in [-0.2, 0) is 42.8 Å². The van der Waals surface area contributed by atoms with E-state index in [1.807, 2.05) is 31.0 Å². The summed E-state index contributed by atoms with van der Waals surface area (Å²) < 4.78 is 38.1. The van der Waals surface area contributed by atoms with E-state index < -0.39 is 120 Å². The van der Waals surface area contributed by atoms with Crippen molar-refractivity contribution >= 4 is 17.8 Å². The number of nitrogens with one attached hydrogen (secondary N) is 1. The van der Waals surface area contributed by atoms with Gasteiger partial charge in [-0.15, -0.1) is 0 Å². The quantitative estimate of drug-likeness (QED) is 0.0424. The number of methoxy groups -OCH3 is 1. The van der Waals surface area contributed by atoms with Gasteiger partial charge in [-0.2, -0.15) is 0 Å². The molecular weight excluding hydrogens is 1010 g/mol. The molecule has 452 valence electrons. The van der Waals surface area contributed by atoms with E-state index >= 15 is 0 Å². The van der Waals surface area contributed by atoms with Gasteiger partial charge in [0.05, 0.1) is 47.6 Å². The van der Waals surface area contributed by atoms with Gasteiger partial charge >= 0.3 is 5.97 Å². The maximum absolute atomic E-state index is 14.5. The summed E-state index contributed by atoms with van der Waals surface area (Å²) in [7, 11) is 4.86. The SMILES string of the molecule is CC/C=C\C/C=C\C/C=C\C/C=C\C/C=C\C/C=C\CCC(=O)N[C@@H](C)C(=O)N(C)[C@H]1C[C@@H](C)O[C@@H](O[C@@H]2[C@H](C)[C@H](O[C@H]3C[C@@](C)(OC)[C@@H](O)[C@H](C)O3)[C@@H](C)C(=O)O[C@H](CC)[C@@](C)(O)[C@H](O)[C@@H](C)N(C)C[C@H](C)C[C@@]2(C)O)[C@@H]1O. The standard InChI is InChI=1S/C62H105N3O14/c1-16-18-19-20-21-22-23-24-25-26-27-28-29-30-31-32-33-34-35-36-50(66)63-45(7)57(70)65(14)48-37-42(4)75-59(52(48)67)79-56-43(5)53(78-51-39-61(11,74-15)55(69)47(9)76-51)44(6)58(71)77-49(17-2)62(12,73)54(68)46(8)64(13)40-41(3)38-60(56,10)72/h18-19,21-22,24-25,27-28,30-31,33-34,41-49,51-56,59,67-69,72-73H,16-17,20,23,26,29,32,35-40H2,1-15H3,(H,63,66)/b19-18-,22-21-,25-24-,28-27-,31-30-,34-33-/t41-,42-,43-,44-,45+,46-,47+,48+,49-,51+,52-,53+,54-,55+,56-,59+,60-,61-,62-/m1/s1. The summed E-state index contributed by atoms with van der Waals surface area (Å²) in [4.78, 5) is 44.9. The van der Waals surface area contributed by atoms with E-state index in [4.69, 9.17) is 28.4 Å². The average Bonchev–Trinajstić information content (AvgIpc) is 3.45. The maximum Gasteiger partial charge on any atom is 0.311 e. The van der Waals surface area contributed by atoms with Crippen LogP contribution in [0.25, 0.3) is 0 Å². The number of esters is 1. The fourth-order valence-electron chi connectivity index (χ4n) is 11.3. The zero-order valence-corrected chi connectivity index (χ0v) is 50.7. The van der Waals surface area contributed by atoms with E-state index in [2.05, 4.69) is 73.0 Å². The Kier molecular flexibility index (Phi) is 29.5. The van der Waals surface area contributed by atoms with Crippen LogP contribution in [-0.4, -0.2) is 177 Å². The van der Waals surface area contributed by atoms with Gasteiger partial charge in [0, 0.05) is 45.5 Å². The molecule has 19 atom stereocenters. The van der Waals surface area contributed by atoms with Gasteiger partial charge in [-0.05, 0) is 133 Å². The zero-order valence-electron chi connectivity index (χ0n) is 50.7. The number of aliphatic hydroxyl groups excluding tert-OH is 3.